The Labute approximate surface area is 160 Å². The molecule has 0 spiro atoms. The predicted octanol–water partition coefficient (Wildman–Crippen LogP) is 2.53. The summed E-state index contributed by atoms with van der Waals surface area (Å²) in [7, 11) is 0. The molecule has 1 unspecified atom stereocenters. The average Bonchev–Trinajstić information content (AvgIpc) is 2.70. The molecule has 4 rings (SSSR count). The van der Waals surface area contributed by atoms with Gasteiger partial charge in [0, 0.05) is 24.7 Å². The largest absolute Gasteiger partial charge is 0.504 e. The first-order valence-corrected chi connectivity index (χ1v) is 9.15. The lowest BCUT2D eigenvalue weighted by Crippen LogP contribution is -2.37. The van der Waals surface area contributed by atoms with Gasteiger partial charge in [-0.15, -0.1) is 0 Å². The molecule has 1 aromatic heterocycles. The maximum atomic E-state index is 12.7. The number of phenols is 3. The standard InChI is InChI=1S/C21H21NO6/c23-13-7-4-8-22(10-13)11-14-18(25)20(27)19(26)17-15(24)9-16(28-21(14)17)12-5-2-1-3-6-12/h1-3,5-6,9,13,23,25-27H,4,7-8,10-11H2. The van der Waals surface area contributed by atoms with E-state index < -0.39 is 28.8 Å². The van der Waals surface area contributed by atoms with Gasteiger partial charge in [0.25, 0.3) is 0 Å². The number of aliphatic hydroxyl groups excluding tert-OH is 1. The van der Waals surface area contributed by atoms with Gasteiger partial charge in [0.1, 0.15) is 11.1 Å². The van der Waals surface area contributed by atoms with E-state index in [9.17, 15) is 25.2 Å². The number of nitrogens with zero attached hydrogens (tertiary/aromatic N) is 1. The minimum absolute atomic E-state index is 0.0271. The highest BCUT2D eigenvalue weighted by molar-refractivity contribution is 5.92. The van der Waals surface area contributed by atoms with Gasteiger partial charge in [0.2, 0.25) is 5.75 Å². The zero-order valence-electron chi connectivity index (χ0n) is 15.1. The second-order valence-electron chi connectivity index (χ2n) is 7.10. The van der Waals surface area contributed by atoms with Crippen molar-refractivity contribution in [3.63, 3.8) is 0 Å². The lowest BCUT2D eigenvalue weighted by molar-refractivity contribution is 0.0664. The van der Waals surface area contributed by atoms with Gasteiger partial charge in [-0.3, -0.25) is 9.69 Å². The van der Waals surface area contributed by atoms with E-state index in [1.165, 1.54) is 6.07 Å². The van der Waals surface area contributed by atoms with Gasteiger partial charge in [0.05, 0.1) is 11.7 Å². The van der Waals surface area contributed by atoms with E-state index in [0.717, 1.165) is 6.42 Å². The summed E-state index contributed by atoms with van der Waals surface area (Å²) >= 11 is 0. The van der Waals surface area contributed by atoms with Crippen molar-refractivity contribution in [2.45, 2.75) is 25.5 Å². The molecular formula is C21H21NO6. The summed E-state index contributed by atoms with van der Waals surface area (Å²) in [6.07, 6.45) is 1.03. The molecule has 2 aromatic carbocycles. The van der Waals surface area contributed by atoms with Crippen molar-refractivity contribution in [3.05, 3.63) is 52.2 Å². The van der Waals surface area contributed by atoms with Crippen molar-refractivity contribution in [2.24, 2.45) is 0 Å². The number of hydrogen-bond acceptors (Lipinski definition) is 7. The summed E-state index contributed by atoms with van der Waals surface area (Å²) in [6.45, 7) is 1.27. The lowest BCUT2D eigenvalue weighted by atomic mass is 10.0. The molecule has 0 bridgehead atoms. The predicted molar refractivity (Wildman–Crippen MR) is 103 cm³/mol. The number of phenolic OH excluding ortho intramolecular Hbond substituents is 3. The number of aliphatic hydroxyl groups is 1. The van der Waals surface area contributed by atoms with Crippen LogP contribution >= 0.6 is 0 Å². The fourth-order valence-electron chi connectivity index (χ4n) is 3.70. The highest BCUT2D eigenvalue weighted by Crippen LogP contribution is 2.44. The molecule has 1 saturated heterocycles. The van der Waals surface area contributed by atoms with Crippen LogP contribution in [-0.4, -0.2) is 44.5 Å². The molecule has 1 atom stereocenters. The number of piperidine rings is 1. The fourth-order valence-corrected chi connectivity index (χ4v) is 3.70. The second kappa shape index (κ2) is 7.18. The van der Waals surface area contributed by atoms with Crippen LogP contribution in [0.1, 0.15) is 18.4 Å². The molecule has 0 aliphatic carbocycles. The van der Waals surface area contributed by atoms with Gasteiger partial charge in [0.15, 0.2) is 22.5 Å². The molecule has 0 saturated carbocycles. The zero-order valence-corrected chi connectivity index (χ0v) is 15.1. The molecule has 3 aromatic rings. The summed E-state index contributed by atoms with van der Waals surface area (Å²) in [4.78, 5) is 14.6. The Morgan fingerprint density at radius 3 is 2.54 bits per heavy atom. The van der Waals surface area contributed by atoms with Gasteiger partial charge in [-0.1, -0.05) is 30.3 Å². The maximum Gasteiger partial charge on any atom is 0.201 e. The molecule has 1 fully saturated rings. The second-order valence-corrected chi connectivity index (χ2v) is 7.10. The minimum Gasteiger partial charge on any atom is -0.504 e. The molecule has 1 aliphatic rings. The van der Waals surface area contributed by atoms with Crippen molar-refractivity contribution in [1.29, 1.82) is 0 Å². The third-order valence-electron chi connectivity index (χ3n) is 5.11. The van der Waals surface area contributed by atoms with Crippen molar-refractivity contribution in [2.75, 3.05) is 13.1 Å². The molecule has 7 heteroatoms. The van der Waals surface area contributed by atoms with Crippen LogP contribution in [0.2, 0.25) is 0 Å². The Bertz CT molecular complexity index is 1080. The minimum atomic E-state index is -0.750. The molecule has 2 heterocycles. The van der Waals surface area contributed by atoms with Gasteiger partial charge in [-0.2, -0.15) is 0 Å². The first-order valence-electron chi connectivity index (χ1n) is 9.15. The van der Waals surface area contributed by atoms with Crippen LogP contribution in [0.15, 0.2) is 45.6 Å². The van der Waals surface area contributed by atoms with Crippen molar-refractivity contribution >= 4 is 11.0 Å². The number of benzene rings is 2. The van der Waals surface area contributed by atoms with Crippen LogP contribution in [-0.2, 0) is 6.54 Å². The van der Waals surface area contributed by atoms with E-state index >= 15 is 0 Å². The number of likely N-dealkylation sites (tertiary alicyclic amines) is 1. The molecule has 7 nitrogen and oxygen atoms in total. The van der Waals surface area contributed by atoms with Crippen LogP contribution < -0.4 is 5.43 Å². The molecule has 4 N–H and O–H groups in total. The summed E-state index contributed by atoms with van der Waals surface area (Å²) in [5.74, 6) is -1.69. The maximum absolute atomic E-state index is 12.7. The Hall–Kier alpha value is -3.03. The third kappa shape index (κ3) is 3.19. The summed E-state index contributed by atoms with van der Waals surface area (Å²) in [6, 6.07) is 10.3. The van der Waals surface area contributed by atoms with Gasteiger partial charge in [-0.25, -0.2) is 0 Å². The zero-order chi connectivity index (χ0) is 19.8. The van der Waals surface area contributed by atoms with Crippen molar-refractivity contribution in [1.82, 2.24) is 4.90 Å². The van der Waals surface area contributed by atoms with E-state index in [-0.39, 0.29) is 23.1 Å². The van der Waals surface area contributed by atoms with Gasteiger partial charge in [-0.05, 0) is 19.4 Å². The topological polar surface area (TPSA) is 114 Å². The van der Waals surface area contributed by atoms with Gasteiger partial charge >= 0.3 is 0 Å². The van der Waals surface area contributed by atoms with E-state index in [0.29, 0.717) is 30.8 Å². The Kier molecular flexibility index (Phi) is 4.70. The Morgan fingerprint density at radius 2 is 1.82 bits per heavy atom. The van der Waals surface area contributed by atoms with Crippen LogP contribution in [0.3, 0.4) is 0 Å². The van der Waals surface area contributed by atoms with Gasteiger partial charge < -0.3 is 24.8 Å². The van der Waals surface area contributed by atoms with E-state index in [2.05, 4.69) is 0 Å². The number of β-amino-alcohol motifs (C(OH)–C–C–N with tert-alkyl or cyclic N) is 1. The number of hydrogen-bond donors (Lipinski definition) is 4. The summed E-state index contributed by atoms with van der Waals surface area (Å²) in [5.41, 5.74) is 0.384. The Morgan fingerprint density at radius 1 is 1.07 bits per heavy atom. The monoisotopic (exact) mass is 383 g/mol. The molecule has 1 aliphatic heterocycles. The first-order chi connectivity index (χ1) is 13.5. The highest BCUT2D eigenvalue weighted by atomic mass is 16.3. The van der Waals surface area contributed by atoms with E-state index in [1.54, 1.807) is 24.3 Å². The quantitative estimate of drug-likeness (QED) is 0.514. The van der Waals surface area contributed by atoms with Crippen molar-refractivity contribution < 1.29 is 24.8 Å². The van der Waals surface area contributed by atoms with E-state index in [1.807, 2.05) is 11.0 Å². The first kappa shape index (κ1) is 18.3. The smallest absolute Gasteiger partial charge is 0.201 e. The summed E-state index contributed by atoms with van der Waals surface area (Å²) < 4.78 is 5.92. The summed E-state index contributed by atoms with van der Waals surface area (Å²) in [5, 5.41) is 40.6. The number of aromatic hydroxyl groups is 3. The molecular weight excluding hydrogens is 362 g/mol. The fraction of sp³-hybridized carbons (Fsp3) is 0.286. The van der Waals surface area contributed by atoms with Crippen LogP contribution in [0, 0.1) is 0 Å². The third-order valence-corrected chi connectivity index (χ3v) is 5.11. The average molecular weight is 383 g/mol. The number of rotatable bonds is 3. The van der Waals surface area contributed by atoms with Crippen molar-refractivity contribution in [3.8, 4) is 28.6 Å². The molecule has 0 amide bonds. The van der Waals surface area contributed by atoms with E-state index in [4.69, 9.17) is 4.42 Å². The normalized spacial score (nSPS) is 17.8. The highest BCUT2D eigenvalue weighted by Gasteiger charge is 2.26. The Balaban J connectivity index is 1.91. The lowest BCUT2D eigenvalue weighted by Gasteiger charge is -2.30. The molecule has 28 heavy (non-hydrogen) atoms. The molecule has 146 valence electrons. The number of fused-ring (bicyclic) bond motifs is 1. The van der Waals surface area contributed by atoms with Crippen LogP contribution in [0.25, 0.3) is 22.3 Å². The SMILES string of the molecule is O=c1cc(-c2ccccc2)oc2c(CN3CCCC(O)C3)c(O)c(O)c(O)c12. The van der Waals surface area contributed by atoms with Crippen LogP contribution in [0.4, 0.5) is 0 Å². The van der Waals surface area contributed by atoms with Crippen LogP contribution in [0.5, 0.6) is 17.2 Å². The molecule has 0 radical (unpaired) electrons.